The van der Waals surface area contributed by atoms with Gasteiger partial charge in [-0.1, -0.05) is 29.3 Å². The molecule has 0 aliphatic rings. The highest BCUT2D eigenvalue weighted by molar-refractivity contribution is 7.90. The molecule has 0 heterocycles. The Kier molecular flexibility index (Phi) is 4.82. The first-order valence-corrected chi connectivity index (χ1v) is 9.25. The van der Waals surface area contributed by atoms with Crippen LogP contribution in [0.1, 0.15) is 27.0 Å². The van der Waals surface area contributed by atoms with E-state index in [9.17, 15) is 13.2 Å². The van der Waals surface area contributed by atoms with E-state index in [0.717, 1.165) is 22.9 Å². The van der Waals surface area contributed by atoms with Gasteiger partial charge in [-0.25, -0.2) is 8.42 Å². The van der Waals surface area contributed by atoms with Gasteiger partial charge in [-0.05, 0) is 50.1 Å². The molecule has 0 saturated heterocycles. The molecule has 1 amide bonds. The Bertz CT molecular complexity index is 866. The first kappa shape index (κ1) is 17.5. The van der Waals surface area contributed by atoms with Gasteiger partial charge in [-0.2, -0.15) is 0 Å². The van der Waals surface area contributed by atoms with E-state index >= 15 is 0 Å². The van der Waals surface area contributed by atoms with Gasteiger partial charge in [0.1, 0.15) is 0 Å². The zero-order valence-electron chi connectivity index (χ0n) is 13.4. The van der Waals surface area contributed by atoms with Crippen LogP contribution in [0.3, 0.4) is 0 Å². The molecule has 0 aromatic heterocycles. The molecule has 0 atom stereocenters. The van der Waals surface area contributed by atoms with Gasteiger partial charge in [0.15, 0.2) is 9.84 Å². The Balaban J connectivity index is 2.43. The fourth-order valence-corrected chi connectivity index (χ4v) is 3.32. The van der Waals surface area contributed by atoms with Crippen molar-refractivity contribution in [2.75, 3.05) is 11.6 Å². The average molecular weight is 352 g/mol. The molecule has 1 N–H and O–H groups in total. The summed E-state index contributed by atoms with van der Waals surface area (Å²) in [4.78, 5) is 12.6. The maximum Gasteiger partial charge on any atom is 0.257 e. The van der Waals surface area contributed by atoms with E-state index in [4.69, 9.17) is 11.6 Å². The number of carbonyl (C=O) groups is 1. The van der Waals surface area contributed by atoms with Crippen molar-refractivity contribution in [2.45, 2.75) is 25.7 Å². The molecule has 0 saturated carbocycles. The lowest BCUT2D eigenvalue weighted by molar-refractivity contribution is 0.102. The maximum absolute atomic E-state index is 12.5. The molecule has 0 aliphatic carbocycles. The minimum atomic E-state index is -3.41. The van der Waals surface area contributed by atoms with Crippen LogP contribution in [-0.2, 0) is 9.84 Å². The van der Waals surface area contributed by atoms with Crippen LogP contribution >= 0.6 is 11.6 Å². The van der Waals surface area contributed by atoms with E-state index < -0.39 is 15.7 Å². The molecule has 4 nitrogen and oxygen atoms in total. The topological polar surface area (TPSA) is 63.2 Å². The highest BCUT2D eigenvalue weighted by Gasteiger charge is 2.17. The van der Waals surface area contributed by atoms with Gasteiger partial charge in [-0.15, -0.1) is 0 Å². The summed E-state index contributed by atoms with van der Waals surface area (Å²) in [6.07, 6.45) is 1.09. The summed E-state index contributed by atoms with van der Waals surface area (Å²) < 4.78 is 23.3. The fourth-order valence-electron chi connectivity index (χ4n) is 2.47. The molecule has 122 valence electrons. The number of amides is 1. The first-order valence-electron chi connectivity index (χ1n) is 6.98. The van der Waals surface area contributed by atoms with Crippen molar-refractivity contribution >= 4 is 33.0 Å². The lowest BCUT2D eigenvalue weighted by Crippen LogP contribution is -2.15. The summed E-state index contributed by atoms with van der Waals surface area (Å²) in [5, 5.41) is 3.03. The van der Waals surface area contributed by atoms with Crippen LogP contribution in [0.4, 0.5) is 5.69 Å². The highest BCUT2D eigenvalue weighted by atomic mass is 35.5. The van der Waals surface area contributed by atoms with Crippen molar-refractivity contribution < 1.29 is 13.2 Å². The van der Waals surface area contributed by atoms with Crippen LogP contribution in [0.15, 0.2) is 35.2 Å². The fraction of sp³-hybridized carbons (Fsp3) is 0.235. The molecular formula is C17H18ClNO3S. The predicted octanol–water partition coefficient (Wildman–Crippen LogP) is 3.92. The number of carbonyl (C=O) groups excluding carboxylic acids is 1. The second-order valence-corrected chi connectivity index (χ2v) is 8.06. The Labute approximate surface area is 141 Å². The van der Waals surface area contributed by atoms with Crippen LogP contribution in [0.5, 0.6) is 0 Å². The monoisotopic (exact) mass is 351 g/mol. The summed E-state index contributed by atoms with van der Waals surface area (Å²) >= 11 is 6.06. The number of benzene rings is 2. The largest absolute Gasteiger partial charge is 0.321 e. The first-order chi connectivity index (χ1) is 10.6. The van der Waals surface area contributed by atoms with E-state index in [2.05, 4.69) is 5.32 Å². The van der Waals surface area contributed by atoms with Crippen LogP contribution in [-0.4, -0.2) is 20.6 Å². The smallest absolute Gasteiger partial charge is 0.257 e. The van der Waals surface area contributed by atoms with Crippen molar-refractivity contribution in [3.8, 4) is 0 Å². The van der Waals surface area contributed by atoms with Gasteiger partial charge in [0.05, 0.1) is 15.5 Å². The molecule has 6 heteroatoms. The molecule has 2 aromatic rings. The van der Waals surface area contributed by atoms with Crippen LogP contribution < -0.4 is 5.32 Å². The normalized spacial score (nSPS) is 11.3. The Hall–Kier alpha value is -1.85. The third-order valence-corrected chi connectivity index (χ3v) is 4.97. The number of aryl methyl sites for hydroxylation is 3. The maximum atomic E-state index is 12.5. The number of anilines is 1. The molecular weight excluding hydrogens is 334 g/mol. The van der Waals surface area contributed by atoms with Crippen molar-refractivity contribution in [1.29, 1.82) is 0 Å². The van der Waals surface area contributed by atoms with Crippen LogP contribution in [0.25, 0.3) is 0 Å². The van der Waals surface area contributed by atoms with Crippen molar-refractivity contribution in [1.82, 2.24) is 0 Å². The Morgan fingerprint density at radius 2 is 1.61 bits per heavy atom. The molecule has 23 heavy (non-hydrogen) atoms. The molecule has 0 fully saturated rings. The summed E-state index contributed by atoms with van der Waals surface area (Å²) in [7, 11) is -3.41. The molecule has 2 rings (SSSR count). The summed E-state index contributed by atoms with van der Waals surface area (Å²) in [5.41, 5.74) is 3.82. The van der Waals surface area contributed by atoms with Crippen LogP contribution in [0, 0.1) is 20.8 Å². The molecule has 0 aliphatic heterocycles. The van der Waals surface area contributed by atoms with Gasteiger partial charge in [0.2, 0.25) is 0 Å². The zero-order chi connectivity index (χ0) is 17.4. The van der Waals surface area contributed by atoms with E-state index in [1.807, 2.05) is 32.9 Å². The molecule has 0 radical (unpaired) electrons. The second kappa shape index (κ2) is 6.34. The van der Waals surface area contributed by atoms with Crippen LogP contribution in [0.2, 0.25) is 5.02 Å². The quantitative estimate of drug-likeness (QED) is 0.911. The van der Waals surface area contributed by atoms with E-state index in [-0.39, 0.29) is 15.5 Å². The van der Waals surface area contributed by atoms with E-state index in [1.165, 1.54) is 18.2 Å². The molecule has 0 spiro atoms. The van der Waals surface area contributed by atoms with Gasteiger partial charge < -0.3 is 5.32 Å². The minimum absolute atomic E-state index is 0.0596. The van der Waals surface area contributed by atoms with Crippen molar-refractivity contribution in [3.05, 3.63) is 57.6 Å². The highest BCUT2D eigenvalue weighted by Crippen LogP contribution is 2.25. The predicted molar refractivity (Wildman–Crippen MR) is 93.2 cm³/mol. The lowest BCUT2D eigenvalue weighted by Gasteiger charge is -2.14. The third kappa shape index (κ3) is 3.92. The second-order valence-electron chi connectivity index (χ2n) is 5.64. The molecule has 2 aromatic carbocycles. The summed E-state index contributed by atoms with van der Waals surface area (Å²) in [6, 6.07) is 8.04. The Morgan fingerprint density at radius 1 is 1.04 bits per heavy atom. The zero-order valence-corrected chi connectivity index (χ0v) is 15.0. The number of hydrogen-bond donors (Lipinski definition) is 1. The summed E-state index contributed by atoms with van der Waals surface area (Å²) in [6.45, 7) is 5.80. The third-order valence-electron chi connectivity index (χ3n) is 3.53. The standard InChI is InChI=1S/C17H18ClNO3S/c1-10-7-11(2)16(12(3)8-10)19-17(20)14-9-13(23(4,21)22)5-6-15(14)18/h5-9H,1-4H3,(H,19,20). The van der Waals surface area contributed by atoms with Gasteiger partial charge in [0.25, 0.3) is 5.91 Å². The Morgan fingerprint density at radius 3 is 2.13 bits per heavy atom. The van der Waals surface area contributed by atoms with Gasteiger partial charge in [-0.3, -0.25) is 4.79 Å². The number of rotatable bonds is 3. The molecule has 0 bridgehead atoms. The average Bonchev–Trinajstić information content (AvgIpc) is 2.41. The summed E-state index contributed by atoms with van der Waals surface area (Å²) in [5.74, 6) is -0.435. The SMILES string of the molecule is Cc1cc(C)c(NC(=O)c2cc(S(C)(=O)=O)ccc2Cl)c(C)c1. The van der Waals surface area contributed by atoms with Crippen molar-refractivity contribution in [2.24, 2.45) is 0 Å². The number of sulfone groups is 1. The molecule has 0 unspecified atom stereocenters. The van der Waals surface area contributed by atoms with Crippen molar-refractivity contribution in [3.63, 3.8) is 0 Å². The van der Waals surface area contributed by atoms with E-state index in [0.29, 0.717) is 5.69 Å². The van der Waals surface area contributed by atoms with E-state index in [1.54, 1.807) is 0 Å². The minimum Gasteiger partial charge on any atom is -0.321 e. The number of nitrogens with one attached hydrogen (secondary N) is 1. The number of hydrogen-bond acceptors (Lipinski definition) is 3. The number of halogens is 1. The van der Waals surface area contributed by atoms with Gasteiger partial charge >= 0.3 is 0 Å². The van der Waals surface area contributed by atoms with Gasteiger partial charge in [0, 0.05) is 11.9 Å². The lowest BCUT2D eigenvalue weighted by atomic mass is 10.0.